The van der Waals surface area contributed by atoms with Crippen molar-refractivity contribution in [1.82, 2.24) is 28.0 Å². The molecule has 5 rings (SSSR count). The summed E-state index contributed by atoms with van der Waals surface area (Å²) in [4.78, 5) is 33.8. The number of aromatic nitrogens is 5. The summed E-state index contributed by atoms with van der Waals surface area (Å²) in [5.41, 5.74) is 4.43. The van der Waals surface area contributed by atoms with Gasteiger partial charge in [-0.15, -0.1) is 0 Å². The zero-order valence-electron chi connectivity index (χ0n) is 19.3. The average molecular weight is 435 g/mol. The predicted octanol–water partition coefficient (Wildman–Crippen LogP) is 2.55. The monoisotopic (exact) mass is 434 g/mol. The van der Waals surface area contributed by atoms with Crippen LogP contribution < -0.4 is 11.2 Å². The van der Waals surface area contributed by atoms with Crippen molar-refractivity contribution in [3.63, 3.8) is 0 Å². The number of benzene rings is 1. The van der Waals surface area contributed by atoms with Crippen LogP contribution in [-0.2, 0) is 13.6 Å². The first-order valence-corrected chi connectivity index (χ1v) is 11.4. The van der Waals surface area contributed by atoms with Crippen LogP contribution in [0.3, 0.4) is 0 Å². The van der Waals surface area contributed by atoms with Gasteiger partial charge in [-0.1, -0.05) is 24.6 Å². The Bertz CT molecular complexity index is 1450. The molecule has 4 aromatic rings. The second kappa shape index (κ2) is 7.78. The fraction of sp³-hybridized carbons (Fsp3) is 0.458. The molecule has 1 saturated heterocycles. The molecule has 1 fully saturated rings. The minimum atomic E-state index is -0.308. The molecule has 32 heavy (non-hydrogen) atoms. The summed E-state index contributed by atoms with van der Waals surface area (Å²) in [7, 11) is 1.70. The van der Waals surface area contributed by atoms with Crippen LogP contribution in [0.25, 0.3) is 22.6 Å². The van der Waals surface area contributed by atoms with E-state index in [4.69, 9.17) is 4.98 Å². The van der Waals surface area contributed by atoms with Gasteiger partial charge in [0.25, 0.3) is 5.56 Å². The maximum Gasteiger partial charge on any atom is 0.332 e. The Kier molecular flexibility index (Phi) is 5.04. The number of aryl methyl sites for hydroxylation is 3. The Labute approximate surface area is 186 Å². The van der Waals surface area contributed by atoms with Crippen LogP contribution in [0.2, 0.25) is 0 Å². The minimum absolute atomic E-state index is 0.266. The molecule has 8 heteroatoms. The van der Waals surface area contributed by atoms with E-state index in [1.807, 2.05) is 30.4 Å². The third kappa shape index (κ3) is 3.04. The van der Waals surface area contributed by atoms with Crippen LogP contribution in [0, 0.1) is 20.8 Å². The van der Waals surface area contributed by atoms with Gasteiger partial charge in [-0.3, -0.25) is 22.9 Å². The van der Waals surface area contributed by atoms with Gasteiger partial charge in [-0.2, -0.15) is 4.98 Å². The summed E-state index contributed by atoms with van der Waals surface area (Å²) in [6.07, 6.45) is 3.62. The van der Waals surface area contributed by atoms with Crippen molar-refractivity contribution >= 4 is 16.9 Å². The molecule has 0 radical (unpaired) electrons. The number of hydrogen-bond acceptors (Lipinski definition) is 4. The van der Waals surface area contributed by atoms with Gasteiger partial charge in [-0.05, 0) is 58.3 Å². The van der Waals surface area contributed by atoms with E-state index in [-0.39, 0.29) is 11.2 Å². The number of likely N-dealkylation sites (tertiary alicyclic amines) is 1. The van der Waals surface area contributed by atoms with Crippen LogP contribution in [0.1, 0.15) is 36.2 Å². The standard InChI is InChI=1S/C24H30N6O2/c1-16-10-6-7-11-19(16)29-17(2)18(3)30-20-21(25-23(29)30)26(4)24(32)28(22(20)31)15-14-27-12-8-5-9-13-27/h6-7,10-11H,5,8-9,12-15H2,1-4H3. The molecule has 3 aromatic heterocycles. The van der Waals surface area contributed by atoms with Gasteiger partial charge in [0.1, 0.15) is 0 Å². The third-order valence-electron chi connectivity index (χ3n) is 6.96. The Morgan fingerprint density at radius 3 is 2.38 bits per heavy atom. The summed E-state index contributed by atoms with van der Waals surface area (Å²) in [6.45, 7) is 9.28. The molecule has 0 bridgehead atoms. The fourth-order valence-electron chi connectivity index (χ4n) is 4.97. The zero-order valence-corrected chi connectivity index (χ0v) is 19.3. The molecule has 1 aliphatic rings. The lowest BCUT2D eigenvalue weighted by Crippen LogP contribution is -2.43. The molecular weight excluding hydrogens is 404 g/mol. The van der Waals surface area contributed by atoms with Crippen molar-refractivity contribution in [2.24, 2.45) is 7.05 Å². The topological polar surface area (TPSA) is 69.5 Å². The van der Waals surface area contributed by atoms with E-state index < -0.39 is 0 Å². The Balaban J connectivity index is 1.72. The molecule has 1 aliphatic heterocycles. The van der Waals surface area contributed by atoms with E-state index in [0.717, 1.165) is 35.7 Å². The van der Waals surface area contributed by atoms with Gasteiger partial charge in [0.05, 0.1) is 5.69 Å². The first kappa shape index (κ1) is 20.8. The van der Waals surface area contributed by atoms with Crippen molar-refractivity contribution in [2.45, 2.75) is 46.6 Å². The summed E-state index contributed by atoms with van der Waals surface area (Å²) in [6, 6.07) is 8.12. The average Bonchev–Trinajstić information content (AvgIpc) is 3.29. The molecule has 0 saturated carbocycles. The highest BCUT2D eigenvalue weighted by Crippen LogP contribution is 2.26. The van der Waals surface area contributed by atoms with E-state index in [9.17, 15) is 9.59 Å². The first-order valence-electron chi connectivity index (χ1n) is 11.4. The lowest BCUT2D eigenvalue weighted by atomic mass is 10.1. The van der Waals surface area contributed by atoms with Crippen molar-refractivity contribution in [3.05, 3.63) is 62.1 Å². The second-order valence-electron chi connectivity index (χ2n) is 8.91. The number of fused-ring (bicyclic) bond motifs is 3. The maximum atomic E-state index is 13.6. The zero-order chi connectivity index (χ0) is 22.6. The van der Waals surface area contributed by atoms with Crippen LogP contribution >= 0.6 is 0 Å². The Hall–Kier alpha value is -3.13. The fourth-order valence-corrected chi connectivity index (χ4v) is 4.97. The number of imidazole rings is 2. The number of piperidine rings is 1. The van der Waals surface area contributed by atoms with Crippen LogP contribution in [0.4, 0.5) is 0 Å². The maximum absolute atomic E-state index is 13.6. The van der Waals surface area contributed by atoms with Crippen molar-refractivity contribution in [2.75, 3.05) is 19.6 Å². The molecular formula is C24H30N6O2. The minimum Gasteiger partial charge on any atom is -0.302 e. The van der Waals surface area contributed by atoms with Crippen molar-refractivity contribution in [1.29, 1.82) is 0 Å². The number of rotatable bonds is 4. The van der Waals surface area contributed by atoms with E-state index in [1.54, 1.807) is 7.05 Å². The molecule has 0 N–H and O–H groups in total. The summed E-state index contributed by atoms with van der Waals surface area (Å²) >= 11 is 0. The summed E-state index contributed by atoms with van der Waals surface area (Å²) in [5.74, 6) is 0.658. The van der Waals surface area contributed by atoms with Gasteiger partial charge in [0, 0.05) is 31.5 Å². The lowest BCUT2D eigenvalue weighted by Gasteiger charge is -2.26. The van der Waals surface area contributed by atoms with E-state index in [0.29, 0.717) is 30.0 Å². The smallest absolute Gasteiger partial charge is 0.302 e. The second-order valence-corrected chi connectivity index (χ2v) is 8.91. The Morgan fingerprint density at radius 1 is 0.938 bits per heavy atom. The molecule has 0 amide bonds. The van der Waals surface area contributed by atoms with Crippen molar-refractivity contribution in [3.8, 4) is 5.69 Å². The lowest BCUT2D eigenvalue weighted by molar-refractivity contribution is 0.218. The number of para-hydroxylation sites is 1. The van der Waals surface area contributed by atoms with Gasteiger partial charge in [0.2, 0.25) is 5.78 Å². The molecule has 1 aromatic carbocycles. The van der Waals surface area contributed by atoms with E-state index in [2.05, 4.69) is 28.5 Å². The molecule has 0 unspecified atom stereocenters. The van der Waals surface area contributed by atoms with Crippen molar-refractivity contribution < 1.29 is 0 Å². The molecule has 168 valence electrons. The number of hydrogen-bond donors (Lipinski definition) is 0. The van der Waals surface area contributed by atoms with Gasteiger partial charge < -0.3 is 4.90 Å². The number of nitrogens with zero attached hydrogens (tertiary/aromatic N) is 6. The molecule has 0 spiro atoms. The van der Waals surface area contributed by atoms with Gasteiger partial charge >= 0.3 is 5.69 Å². The van der Waals surface area contributed by atoms with Crippen LogP contribution in [0.5, 0.6) is 0 Å². The molecule has 0 aliphatic carbocycles. The predicted molar refractivity (Wildman–Crippen MR) is 126 cm³/mol. The molecule has 0 atom stereocenters. The highest BCUT2D eigenvalue weighted by atomic mass is 16.2. The third-order valence-corrected chi connectivity index (χ3v) is 6.96. The quantitative estimate of drug-likeness (QED) is 0.495. The first-order chi connectivity index (χ1) is 15.4. The van der Waals surface area contributed by atoms with Gasteiger partial charge in [-0.25, -0.2) is 4.79 Å². The van der Waals surface area contributed by atoms with E-state index in [1.165, 1.54) is 28.4 Å². The van der Waals surface area contributed by atoms with Gasteiger partial charge in [0.15, 0.2) is 11.2 Å². The van der Waals surface area contributed by atoms with E-state index >= 15 is 0 Å². The summed E-state index contributed by atoms with van der Waals surface area (Å²) < 4.78 is 6.88. The molecule has 4 heterocycles. The van der Waals surface area contributed by atoms with Crippen LogP contribution in [-0.4, -0.2) is 47.6 Å². The SMILES string of the molecule is Cc1ccccc1-n1c(C)c(C)n2c3c(=O)n(CCN4CCCCC4)c(=O)n(C)c3nc12. The summed E-state index contributed by atoms with van der Waals surface area (Å²) in [5, 5.41) is 0. The largest absolute Gasteiger partial charge is 0.332 e. The highest BCUT2D eigenvalue weighted by molar-refractivity contribution is 5.77. The highest BCUT2D eigenvalue weighted by Gasteiger charge is 2.24. The van der Waals surface area contributed by atoms with Crippen LogP contribution in [0.15, 0.2) is 33.9 Å². The Morgan fingerprint density at radius 2 is 1.66 bits per heavy atom. The molecule has 8 nitrogen and oxygen atoms in total. The normalized spacial score (nSPS) is 15.2.